The Hall–Kier alpha value is -1.05. The molecule has 102 valence electrons. The van der Waals surface area contributed by atoms with Gasteiger partial charge in [0, 0.05) is 0 Å². The van der Waals surface area contributed by atoms with Gasteiger partial charge in [0.25, 0.3) is 0 Å². The van der Waals surface area contributed by atoms with Gasteiger partial charge in [0.2, 0.25) is 0 Å². The van der Waals surface area contributed by atoms with Crippen LogP contribution in [-0.4, -0.2) is 28.0 Å². The molecule has 0 saturated carbocycles. The van der Waals surface area contributed by atoms with E-state index >= 15 is 0 Å². The third-order valence-corrected chi connectivity index (χ3v) is 6.07. The summed E-state index contributed by atoms with van der Waals surface area (Å²) >= 11 is 0.0881. The Morgan fingerprint density at radius 2 is 2.11 bits per heavy atom. The van der Waals surface area contributed by atoms with Crippen molar-refractivity contribution < 1.29 is 9.53 Å². The molecule has 0 aliphatic heterocycles. The number of carbonyl (C=O) groups excluding carboxylic acids is 1. The fraction of sp³-hybridized carbons (Fsp3) is 0.438. The zero-order valence-corrected chi connectivity index (χ0v) is 13.2. The van der Waals surface area contributed by atoms with Gasteiger partial charge in [-0.05, 0) is 0 Å². The van der Waals surface area contributed by atoms with E-state index in [0.29, 0.717) is 0 Å². The molecule has 0 spiro atoms. The molecule has 0 bridgehead atoms. The van der Waals surface area contributed by atoms with Crippen LogP contribution in [0.25, 0.3) is 0 Å². The number of hydrogen-bond acceptors (Lipinski definition) is 2. The molecule has 2 rings (SSSR count). The van der Waals surface area contributed by atoms with Crippen molar-refractivity contribution in [3.8, 4) is 0 Å². The summed E-state index contributed by atoms with van der Waals surface area (Å²) < 4.78 is 5.91. The number of esters is 1. The summed E-state index contributed by atoms with van der Waals surface area (Å²) in [5.41, 5.74) is 1.42. The number of carbonyl (C=O) groups is 1. The first-order valence-electron chi connectivity index (χ1n) is 6.64. The first kappa shape index (κ1) is 14.4. The first-order valence-corrected chi connectivity index (χ1v) is 8.36. The maximum atomic E-state index is 12.2. The molecular weight excluding hydrogens is 303 g/mol. The topological polar surface area (TPSA) is 26.3 Å². The van der Waals surface area contributed by atoms with E-state index in [0.717, 1.165) is 19.3 Å². The van der Waals surface area contributed by atoms with E-state index in [4.69, 9.17) is 4.74 Å². The predicted molar refractivity (Wildman–Crippen MR) is 78.8 cm³/mol. The molecule has 1 atom stereocenters. The van der Waals surface area contributed by atoms with Crippen LogP contribution >= 0.6 is 0 Å². The van der Waals surface area contributed by atoms with Gasteiger partial charge in [-0.3, -0.25) is 0 Å². The average Bonchev–Trinajstić information content (AvgIpc) is 2.91. The van der Waals surface area contributed by atoms with Crippen LogP contribution in [0.4, 0.5) is 0 Å². The van der Waals surface area contributed by atoms with Crippen LogP contribution in [0, 0.1) is 0 Å². The molecule has 1 aliphatic rings. The molecule has 0 amide bonds. The Morgan fingerprint density at radius 3 is 2.68 bits per heavy atom. The van der Waals surface area contributed by atoms with Gasteiger partial charge in [-0.2, -0.15) is 0 Å². The fourth-order valence-corrected chi connectivity index (χ4v) is 5.04. The summed E-state index contributed by atoms with van der Waals surface area (Å²) in [6, 6.07) is 10.3. The van der Waals surface area contributed by atoms with Crippen LogP contribution in [-0.2, 0) is 9.53 Å². The summed E-state index contributed by atoms with van der Waals surface area (Å²) in [7, 11) is 1.49. The molecule has 3 heteroatoms. The molecule has 1 unspecified atom stereocenters. The molecule has 0 N–H and O–H groups in total. The van der Waals surface area contributed by atoms with E-state index in [1.54, 1.807) is 0 Å². The summed E-state index contributed by atoms with van der Waals surface area (Å²) in [5, 5.41) is 0. The van der Waals surface area contributed by atoms with E-state index in [1.807, 2.05) is 25.1 Å². The quantitative estimate of drug-likeness (QED) is 0.473. The second kappa shape index (κ2) is 6.40. The zero-order valence-electron chi connectivity index (χ0n) is 11.5. The molecule has 19 heavy (non-hydrogen) atoms. The van der Waals surface area contributed by atoms with Crippen molar-refractivity contribution in [2.24, 2.45) is 0 Å². The molecular formula is C16H20O2Se. The average molecular weight is 323 g/mol. The molecule has 0 radical (unpaired) electrons. The Morgan fingerprint density at radius 1 is 1.37 bits per heavy atom. The predicted octanol–water partition coefficient (Wildman–Crippen LogP) is 2.87. The van der Waals surface area contributed by atoms with Crippen LogP contribution in [0.5, 0.6) is 0 Å². The molecule has 1 aromatic rings. The molecule has 0 fully saturated rings. The minimum absolute atomic E-state index is 0.0795. The van der Waals surface area contributed by atoms with E-state index in [2.05, 4.69) is 18.2 Å². The number of allylic oxidation sites excluding steroid dienone is 2. The van der Waals surface area contributed by atoms with Gasteiger partial charge in [-0.25, -0.2) is 0 Å². The fourth-order valence-electron chi connectivity index (χ4n) is 2.45. The summed E-state index contributed by atoms with van der Waals surface area (Å²) in [6.45, 7) is 2.05. The van der Waals surface area contributed by atoms with Crippen molar-refractivity contribution in [1.82, 2.24) is 0 Å². The Labute approximate surface area is 121 Å². The number of methoxy groups -OCH3 is 1. The third-order valence-electron chi connectivity index (χ3n) is 3.40. The second-order valence-electron chi connectivity index (χ2n) is 5.07. The van der Waals surface area contributed by atoms with Crippen molar-refractivity contribution in [2.45, 2.75) is 36.9 Å². The van der Waals surface area contributed by atoms with Gasteiger partial charge in [-0.1, -0.05) is 0 Å². The summed E-state index contributed by atoms with van der Waals surface area (Å²) in [6.07, 6.45) is 6.66. The van der Waals surface area contributed by atoms with Gasteiger partial charge >= 0.3 is 121 Å². The molecule has 2 nitrogen and oxygen atoms in total. The van der Waals surface area contributed by atoms with E-state index in [9.17, 15) is 4.79 Å². The zero-order chi connectivity index (χ0) is 13.7. The first-order chi connectivity index (χ1) is 9.14. The number of benzene rings is 1. The van der Waals surface area contributed by atoms with Crippen molar-refractivity contribution >= 4 is 25.4 Å². The molecule has 0 aromatic heterocycles. The van der Waals surface area contributed by atoms with Crippen LogP contribution < -0.4 is 4.46 Å². The monoisotopic (exact) mass is 324 g/mol. The molecule has 1 aliphatic carbocycles. The van der Waals surface area contributed by atoms with Crippen LogP contribution in [0.3, 0.4) is 0 Å². The minimum atomic E-state index is -0.390. The van der Waals surface area contributed by atoms with E-state index in [1.165, 1.54) is 23.6 Å². The standard InChI is InChI=1S/C16H20O2Se/c1-16(15(17)18-2,12-13-8-6-7-9-13)19-14-10-4-3-5-11-14/h3-5,8,10-11H,6-7,9,12H2,1-2H3. The normalized spacial score (nSPS) is 17.7. The number of hydrogen-bond donors (Lipinski definition) is 0. The van der Waals surface area contributed by atoms with Crippen molar-refractivity contribution in [1.29, 1.82) is 0 Å². The van der Waals surface area contributed by atoms with Crippen molar-refractivity contribution in [3.05, 3.63) is 42.0 Å². The molecule has 0 heterocycles. The maximum absolute atomic E-state index is 12.2. The van der Waals surface area contributed by atoms with Gasteiger partial charge in [0.1, 0.15) is 0 Å². The molecule has 1 aromatic carbocycles. The van der Waals surface area contributed by atoms with E-state index < -0.39 is 0 Å². The number of rotatable bonds is 5. The van der Waals surface area contributed by atoms with Crippen LogP contribution in [0.2, 0.25) is 4.31 Å². The van der Waals surface area contributed by atoms with Gasteiger partial charge in [0.15, 0.2) is 0 Å². The van der Waals surface area contributed by atoms with Crippen LogP contribution in [0.15, 0.2) is 42.0 Å². The summed E-state index contributed by atoms with van der Waals surface area (Å²) in [5.74, 6) is -0.0795. The van der Waals surface area contributed by atoms with Crippen molar-refractivity contribution in [2.75, 3.05) is 7.11 Å². The SMILES string of the molecule is COC(=O)C(C)(CC1=CCCC1)[Se]c1ccccc1. The third kappa shape index (κ3) is 3.71. The summed E-state index contributed by atoms with van der Waals surface area (Å²) in [4.78, 5) is 12.2. The Kier molecular flexibility index (Phi) is 4.84. The Bertz CT molecular complexity index is 467. The van der Waals surface area contributed by atoms with Gasteiger partial charge in [0.05, 0.1) is 0 Å². The van der Waals surface area contributed by atoms with Crippen LogP contribution in [0.1, 0.15) is 32.6 Å². The Balaban J connectivity index is 2.16. The van der Waals surface area contributed by atoms with Gasteiger partial charge in [-0.15, -0.1) is 0 Å². The molecule has 0 saturated heterocycles. The van der Waals surface area contributed by atoms with Crippen molar-refractivity contribution in [3.63, 3.8) is 0 Å². The number of ether oxygens (including phenoxy) is 1. The second-order valence-corrected chi connectivity index (χ2v) is 8.38. The van der Waals surface area contributed by atoms with E-state index in [-0.39, 0.29) is 25.2 Å². The van der Waals surface area contributed by atoms with Gasteiger partial charge < -0.3 is 0 Å².